The Kier molecular flexibility index (Phi) is 3.24. The van der Waals surface area contributed by atoms with Gasteiger partial charge in [-0.2, -0.15) is 0 Å². The van der Waals surface area contributed by atoms with E-state index in [2.05, 4.69) is 24.2 Å². The summed E-state index contributed by atoms with van der Waals surface area (Å²) in [6.45, 7) is 1.52. The molecule has 0 bridgehead atoms. The normalized spacial score (nSPS) is 17.8. The number of ether oxygens (including phenoxy) is 1. The molecule has 8 heteroatoms. The first-order valence-corrected chi connectivity index (χ1v) is 7.51. The fourth-order valence-electron chi connectivity index (χ4n) is 2.61. The van der Waals surface area contributed by atoms with Crippen LogP contribution in [0.3, 0.4) is 0 Å². The number of hydrogen-bond donors (Lipinski definition) is 1. The second-order valence-corrected chi connectivity index (χ2v) is 5.47. The standard InChI is InChI=1S/C14H13ClN4O3/c15-6-12-16-10-2-1-8(13-17-14(20)22-18-13)5-11(10)19(12)7-9-3-4-21-9/h1-2,5,9H,3-4,6-7H2,(H,17,18,20)/t9-/m0/s1. The van der Waals surface area contributed by atoms with E-state index in [1.807, 2.05) is 18.2 Å². The number of aromatic amines is 1. The summed E-state index contributed by atoms with van der Waals surface area (Å²) in [5, 5.41) is 3.71. The highest BCUT2D eigenvalue weighted by Crippen LogP contribution is 2.25. The van der Waals surface area contributed by atoms with E-state index in [0.717, 1.165) is 42.0 Å². The third-order valence-electron chi connectivity index (χ3n) is 3.84. The predicted molar refractivity (Wildman–Crippen MR) is 79.8 cm³/mol. The van der Waals surface area contributed by atoms with Crippen LogP contribution in [-0.4, -0.2) is 32.4 Å². The van der Waals surface area contributed by atoms with Crippen LogP contribution in [0.5, 0.6) is 0 Å². The van der Waals surface area contributed by atoms with Gasteiger partial charge >= 0.3 is 5.76 Å². The van der Waals surface area contributed by atoms with Crippen LogP contribution in [-0.2, 0) is 17.2 Å². The van der Waals surface area contributed by atoms with Crippen molar-refractivity contribution < 1.29 is 9.26 Å². The molecule has 1 aliphatic heterocycles. The van der Waals surface area contributed by atoms with Gasteiger partial charge in [-0.15, -0.1) is 11.6 Å². The number of halogens is 1. The summed E-state index contributed by atoms with van der Waals surface area (Å²) in [7, 11) is 0. The van der Waals surface area contributed by atoms with Gasteiger partial charge < -0.3 is 9.30 Å². The summed E-state index contributed by atoms with van der Waals surface area (Å²) in [6.07, 6.45) is 1.24. The van der Waals surface area contributed by atoms with Gasteiger partial charge in [-0.25, -0.2) is 9.78 Å². The van der Waals surface area contributed by atoms with Gasteiger partial charge in [0.25, 0.3) is 0 Å². The van der Waals surface area contributed by atoms with Crippen molar-refractivity contribution in [3.63, 3.8) is 0 Å². The third-order valence-corrected chi connectivity index (χ3v) is 4.08. The molecule has 1 fully saturated rings. The number of nitrogens with one attached hydrogen (secondary N) is 1. The summed E-state index contributed by atoms with van der Waals surface area (Å²) in [6, 6.07) is 5.64. The smallest absolute Gasteiger partial charge is 0.376 e. The van der Waals surface area contributed by atoms with Crippen LogP contribution in [0.1, 0.15) is 12.2 Å². The third kappa shape index (κ3) is 2.22. The predicted octanol–water partition coefficient (Wildman–Crippen LogP) is 1.91. The summed E-state index contributed by atoms with van der Waals surface area (Å²) in [5.74, 6) is 0.954. The molecule has 3 aromatic rings. The van der Waals surface area contributed by atoms with Gasteiger partial charge in [0, 0.05) is 12.2 Å². The van der Waals surface area contributed by atoms with Crippen LogP contribution < -0.4 is 5.76 Å². The molecule has 1 aliphatic rings. The Labute approximate surface area is 129 Å². The van der Waals surface area contributed by atoms with Crippen molar-refractivity contribution in [2.75, 3.05) is 6.61 Å². The maximum atomic E-state index is 11.1. The molecule has 1 N–H and O–H groups in total. The van der Waals surface area contributed by atoms with E-state index in [1.165, 1.54) is 0 Å². The van der Waals surface area contributed by atoms with E-state index >= 15 is 0 Å². The molecule has 1 saturated heterocycles. The lowest BCUT2D eigenvalue weighted by molar-refractivity contribution is -0.0589. The molecule has 0 unspecified atom stereocenters. The minimum atomic E-state index is -0.576. The second-order valence-electron chi connectivity index (χ2n) is 5.20. The Morgan fingerprint density at radius 2 is 2.32 bits per heavy atom. The Morgan fingerprint density at radius 1 is 1.45 bits per heavy atom. The molecule has 3 heterocycles. The van der Waals surface area contributed by atoms with Crippen molar-refractivity contribution in [2.45, 2.75) is 24.9 Å². The molecular weight excluding hydrogens is 308 g/mol. The SMILES string of the molecule is O=c1[nH]c(-c2ccc3nc(CCl)n(C[C@@H]4CCO4)c3c2)no1. The van der Waals surface area contributed by atoms with Crippen molar-refractivity contribution in [3.8, 4) is 11.4 Å². The number of nitrogens with zero attached hydrogens (tertiary/aromatic N) is 3. The number of rotatable bonds is 4. The van der Waals surface area contributed by atoms with Gasteiger partial charge in [-0.3, -0.25) is 9.51 Å². The maximum Gasteiger partial charge on any atom is 0.439 e. The van der Waals surface area contributed by atoms with Crippen molar-refractivity contribution in [3.05, 3.63) is 34.6 Å². The van der Waals surface area contributed by atoms with E-state index < -0.39 is 5.76 Å². The van der Waals surface area contributed by atoms with E-state index in [-0.39, 0.29) is 6.10 Å². The molecule has 0 aliphatic carbocycles. The number of fused-ring (bicyclic) bond motifs is 1. The maximum absolute atomic E-state index is 11.1. The van der Waals surface area contributed by atoms with Crippen molar-refractivity contribution >= 4 is 22.6 Å². The Hall–Kier alpha value is -2.12. The zero-order valence-electron chi connectivity index (χ0n) is 11.6. The largest absolute Gasteiger partial charge is 0.439 e. The number of benzene rings is 1. The van der Waals surface area contributed by atoms with Gasteiger partial charge in [-0.05, 0) is 24.6 Å². The number of H-pyrrole nitrogens is 1. The van der Waals surface area contributed by atoms with Crippen molar-refractivity contribution in [2.24, 2.45) is 0 Å². The topological polar surface area (TPSA) is 85.9 Å². The minimum Gasteiger partial charge on any atom is -0.376 e. The Bertz CT molecular complexity index is 878. The molecule has 0 spiro atoms. The van der Waals surface area contributed by atoms with E-state index in [1.54, 1.807) is 0 Å². The average Bonchev–Trinajstić information content (AvgIpc) is 3.05. The van der Waals surface area contributed by atoms with E-state index in [9.17, 15) is 4.79 Å². The number of imidazole rings is 1. The van der Waals surface area contributed by atoms with Crippen molar-refractivity contribution in [1.82, 2.24) is 19.7 Å². The average molecular weight is 321 g/mol. The first kappa shape index (κ1) is 13.5. The highest BCUT2D eigenvalue weighted by atomic mass is 35.5. The van der Waals surface area contributed by atoms with Crippen molar-refractivity contribution in [1.29, 1.82) is 0 Å². The molecule has 0 amide bonds. The van der Waals surface area contributed by atoms with E-state index in [4.69, 9.17) is 16.3 Å². The van der Waals surface area contributed by atoms with Crippen LogP contribution in [0.15, 0.2) is 27.5 Å². The van der Waals surface area contributed by atoms with Crippen LogP contribution in [0.25, 0.3) is 22.4 Å². The fourth-order valence-corrected chi connectivity index (χ4v) is 2.82. The first-order valence-electron chi connectivity index (χ1n) is 6.97. The lowest BCUT2D eigenvalue weighted by Gasteiger charge is -2.27. The quantitative estimate of drug-likeness (QED) is 0.742. The van der Waals surface area contributed by atoms with Crippen LogP contribution in [0.2, 0.25) is 0 Å². The molecule has 1 atom stereocenters. The van der Waals surface area contributed by atoms with Gasteiger partial charge in [-0.1, -0.05) is 5.16 Å². The molecule has 2 aromatic heterocycles. The number of aromatic nitrogens is 4. The first-order chi connectivity index (χ1) is 10.7. The van der Waals surface area contributed by atoms with Gasteiger partial charge in [0.1, 0.15) is 5.82 Å². The molecule has 0 saturated carbocycles. The highest BCUT2D eigenvalue weighted by Gasteiger charge is 2.22. The Morgan fingerprint density at radius 3 is 2.95 bits per heavy atom. The molecule has 22 heavy (non-hydrogen) atoms. The zero-order chi connectivity index (χ0) is 15.1. The summed E-state index contributed by atoms with van der Waals surface area (Å²) in [4.78, 5) is 18.2. The van der Waals surface area contributed by atoms with Gasteiger partial charge in [0.05, 0.1) is 29.6 Å². The molecule has 0 radical (unpaired) electrons. The molecule has 4 rings (SSSR count). The summed E-state index contributed by atoms with van der Waals surface area (Å²) >= 11 is 6.01. The molecule has 114 valence electrons. The Balaban J connectivity index is 1.82. The fraction of sp³-hybridized carbons (Fsp3) is 0.357. The monoisotopic (exact) mass is 320 g/mol. The number of hydrogen-bond acceptors (Lipinski definition) is 5. The summed E-state index contributed by atoms with van der Waals surface area (Å²) < 4.78 is 12.1. The highest BCUT2D eigenvalue weighted by molar-refractivity contribution is 6.16. The van der Waals surface area contributed by atoms with Crippen LogP contribution in [0, 0.1) is 0 Å². The minimum absolute atomic E-state index is 0.204. The van der Waals surface area contributed by atoms with Crippen LogP contribution in [0.4, 0.5) is 0 Å². The van der Waals surface area contributed by atoms with Gasteiger partial charge in [0.2, 0.25) is 0 Å². The molecular formula is C14H13ClN4O3. The van der Waals surface area contributed by atoms with Gasteiger partial charge in [0.15, 0.2) is 5.82 Å². The summed E-state index contributed by atoms with van der Waals surface area (Å²) in [5.41, 5.74) is 2.55. The number of alkyl halides is 1. The second kappa shape index (κ2) is 5.26. The molecule has 7 nitrogen and oxygen atoms in total. The van der Waals surface area contributed by atoms with Crippen LogP contribution >= 0.6 is 11.6 Å². The zero-order valence-corrected chi connectivity index (χ0v) is 12.3. The lowest BCUT2D eigenvalue weighted by atomic mass is 10.1. The van der Waals surface area contributed by atoms with E-state index in [0.29, 0.717) is 11.7 Å². The molecule has 1 aromatic carbocycles. The lowest BCUT2D eigenvalue weighted by Crippen LogP contribution is -2.31.